The maximum atomic E-state index is 13.7. The minimum Gasteiger partial charge on any atom is -0.354 e. The molecule has 21 heteroatoms. The molecule has 14 nitrogen and oxygen atoms in total. The summed E-state index contributed by atoms with van der Waals surface area (Å²) in [5, 5.41) is 10.0. The van der Waals surface area contributed by atoms with Gasteiger partial charge < -0.3 is 28.0 Å². The third-order valence-electron chi connectivity index (χ3n) is 15.4. The Kier molecular flexibility index (Phi) is 15.4. The normalized spacial score (nSPS) is 21.7. The van der Waals surface area contributed by atoms with Gasteiger partial charge in [-0.1, -0.05) is 46.7 Å². The van der Waals surface area contributed by atoms with Gasteiger partial charge in [0, 0.05) is 98.1 Å². The number of hydrogen-bond acceptors (Lipinski definition) is 13. The van der Waals surface area contributed by atoms with Gasteiger partial charge in [-0.25, -0.2) is 27.2 Å². The lowest BCUT2D eigenvalue weighted by Gasteiger charge is -2.53. The number of sulfone groups is 1. The topological polar surface area (TPSA) is 153 Å². The van der Waals surface area contributed by atoms with Crippen LogP contribution in [0, 0.1) is 36.3 Å². The van der Waals surface area contributed by atoms with Crippen LogP contribution in [0.5, 0.6) is 0 Å². The second-order valence-electron chi connectivity index (χ2n) is 20.9. The van der Waals surface area contributed by atoms with Crippen molar-refractivity contribution in [3.63, 3.8) is 0 Å². The van der Waals surface area contributed by atoms with Crippen LogP contribution in [0.1, 0.15) is 71.4 Å². The van der Waals surface area contributed by atoms with Crippen LogP contribution in [-0.4, -0.2) is 108 Å². The van der Waals surface area contributed by atoms with Crippen molar-refractivity contribution in [1.29, 1.82) is 0 Å². The molecule has 14 rings (SSSR count). The minimum absolute atomic E-state index is 0. The Bertz CT molecular complexity index is 3740. The summed E-state index contributed by atoms with van der Waals surface area (Å²) >= 11 is 6.26. The van der Waals surface area contributed by atoms with Crippen molar-refractivity contribution in [3.8, 4) is 11.4 Å². The molecule has 0 saturated carbocycles. The van der Waals surface area contributed by atoms with Gasteiger partial charge in [0.25, 0.3) is 0 Å². The predicted molar refractivity (Wildman–Crippen MR) is 327 cm³/mol. The molecule has 0 radical (unpaired) electrons. The molecule has 0 aliphatic carbocycles. The lowest BCUT2D eigenvalue weighted by Crippen LogP contribution is -2.60. The molecule has 6 aliphatic heterocycles. The zero-order valence-corrected chi connectivity index (χ0v) is 50.3. The summed E-state index contributed by atoms with van der Waals surface area (Å²) in [6.45, 7) is 6.95. The Balaban J connectivity index is 0.000000157. The van der Waals surface area contributed by atoms with Crippen LogP contribution < -0.4 is 0 Å². The molecule has 4 fully saturated rings. The van der Waals surface area contributed by atoms with Gasteiger partial charge in [0.1, 0.15) is 23.3 Å². The number of aryl methyl sites for hydroxylation is 2. The minimum atomic E-state index is -3.05. The van der Waals surface area contributed by atoms with Crippen LogP contribution in [0.15, 0.2) is 140 Å². The lowest BCUT2D eigenvalue weighted by atomic mass is 9.77. The molecule has 6 aliphatic rings. The molecule has 10 heterocycles. The van der Waals surface area contributed by atoms with Crippen LogP contribution >= 0.6 is 73.0 Å². The number of rotatable bonds is 6. The Morgan fingerprint density at radius 2 is 1.09 bits per heavy atom. The van der Waals surface area contributed by atoms with Crippen molar-refractivity contribution in [2.24, 2.45) is 20.8 Å². The van der Waals surface area contributed by atoms with Crippen LogP contribution in [0.4, 0.5) is 8.78 Å². The average Bonchev–Trinajstić information content (AvgIpc) is 4.27. The highest BCUT2D eigenvalue weighted by molar-refractivity contribution is 15.0. The Labute approximate surface area is 489 Å². The van der Waals surface area contributed by atoms with E-state index in [1.54, 1.807) is 37.2 Å². The SMILES string of the molecule is Cc1cn(-c2ccc(/C=C3\CC4(CN5C3=NCCC5c3ccc(F)cc3)CS(=O)(=O)C4)c3cnoc23)cn1.Cc1cn(-c2ccc(/C=C3\CC4(CSC4)CN4C3=NCCC4c3ccc(F)cc3)c3cnoc23)cn1.I.II. The number of amidine groups is 2. The van der Waals surface area contributed by atoms with Gasteiger partial charge in [0.05, 0.1) is 82.2 Å². The van der Waals surface area contributed by atoms with Gasteiger partial charge in [-0.15, -0.1) is 24.0 Å². The fourth-order valence-corrected chi connectivity index (χ4v) is 15.5. The monoisotopic (exact) mass is 1410 g/mol. The van der Waals surface area contributed by atoms with Crippen LogP contribution in [-0.2, 0) is 9.84 Å². The van der Waals surface area contributed by atoms with Crippen molar-refractivity contribution in [3.05, 3.63) is 167 Å². The summed E-state index contributed by atoms with van der Waals surface area (Å²) in [7, 11) is -3.05. The summed E-state index contributed by atoms with van der Waals surface area (Å²) in [6, 6.07) is 22.1. The van der Waals surface area contributed by atoms with Gasteiger partial charge >= 0.3 is 0 Å². The average molecular weight is 1410 g/mol. The van der Waals surface area contributed by atoms with Crippen LogP contribution in [0.2, 0.25) is 0 Å². The first-order valence-corrected chi connectivity index (χ1v) is 34.4. The standard InChI is InChI=1S/C28H26FN5O3S.C28H26FN5OS.I2.HI/c1-18-13-33(17-31-18)25-7-4-20(23-12-32-37-26(23)25)10-21-11-28(15-38(35,36)16-28)14-34-24(8-9-30-27(21)34)19-2-5-22(29)6-3-19;1-18-13-33(17-31-18)25-7-4-20(23-12-32-35-26(23)25)10-21-11-28(15-36-16-28)14-34-24(8-9-30-27(21)34)19-2-5-22(29)6-3-19;1-2;/h2-7,10,12-13,17,24H,8-9,11,14-16H2,1H3;2-7,10,12-13,17,24H,8-9,11,14-16H2,1H3;;1H/b2*21-10+;;. The molecule has 2 spiro atoms. The Morgan fingerprint density at radius 3 is 1.49 bits per heavy atom. The second-order valence-corrected chi connectivity index (χ2v) is 24.0. The highest BCUT2D eigenvalue weighted by Gasteiger charge is 2.54. The van der Waals surface area contributed by atoms with Crippen molar-refractivity contribution < 1.29 is 26.2 Å². The summed E-state index contributed by atoms with van der Waals surface area (Å²) in [4.78, 5) is 23.4. The molecule has 0 amide bonds. The molecule has 2 unspecified atom stereocenters. The number of hydrogen-bond donors (Lipinski definition) is 0. The van der Waals surface area contributed by atoms with Crippen molar-refractivity contribution in [2.45, 2.75) is 51.6 Å². The largest absolute Gasteiger partial charge is 0.354 e. The predicted octanol–water partition coefficient (Wildman–Crippen LogP) is 12.7. The number of nitrogens with zero attached hydrogens (tertiary/aromatic N) is 10. The van der Waals surface area contributed by atoms with E-state index in [0.29, 0.717) is 25.1 Å². The molecule has 0 N–H and O–H groups in total. The fraction of sp³-hybridized carbons (Fsp3) is 0.321. The van der Waals surface area contributed by atoms with E-state index in [0.717, 1.165) is 122 Å². The third-order valence-corrected chi connectivity index (χ3v) is 19.2. The second kappa shape index (κ2) is 21.9. The molecule has 4 saturated heterocycles. The van der Waals surface area contributed by atoms with Gasteiger partial charge in [-0.2, -0.15) is 11.8 Å². The van der Waals surface area contributed by atoms with E-state index in [1.165, 1.54) is 17.7 Å². The zero-order valence-electron chi connectivity index (χ0n) is 42.0. The maximum absolute atomic E-state index is 13.7. The molecule has 77 heavy (non-hydrogen) atoms. The number of fused-ring (bicyclic) bond motifs is 4. The number of benzene rings is 4. The number of halogens is 5. The molecular weight excluding hydrogens is 1360 g/mol. The summed E-state index contributed by atoms with van der Waals surface area (Å²) in [6.07, 6.45) is 18.7. The number of aliphatic imine (C=N–C) groups is 2. The van der Waals surface area contributed by atoms with Gasteiger partial charge in [0.15, 0.2) is 21.0 Å². The molecule has 4 aromatic carbocycles. The van der Waals surface area contributed by atoms with Crippen molar-refractivity contribution in [1.82, 2.24) is 39.2 Å². The van der Waals surface area contributed by atoms with E-state index in [-0.39, 0.29) is 70.0 Å². The van der Waals surface area contributed by atoms with Crippen molar-refractivity contribution >= 4 is 129 Å². The molecule has 8 aromatic rings. The Hall–Kier alpha value is -4.99. The molecular formula is C56H53F2I3N10O4S2. The number of thioether (sulfide) groups is 1. The Morgan fingerprint density at radius 1 is 0.649 bits per heavy atom. The molecule has 398 valence electrons. The first-order valence-electron chi connectivity index (χ1n) is 25.1. The number of aromatic nitrogens is 6. The van der Waals surface area contributed by atoms with E-state index < -0.39 is 9.84 Å². The molecule has 4 aromatic heterocycles. The third kappa shape index (κ3) is 10.6. The maximum Gasteiger partial charge on any atom is 0.191 e. The quantitative estimate of drug-likeness (QED) is 0.146. The number of piperidine rings is 2. The highest BCUT2D eigenvalue weighted by atomic mass is 128. The van der Waals surface area contributed by atoms with Crippen molar-refractivity contribution in [2.75, 3.05) is 49.2 Å². The van der Waals surface area contributed by atoms with Gasteiger partial charge in [-0.05, 0) is 121 Å². The lowest BCUT2D eigenvalue weighted by molar-refractivity contribution is 0.167. The van der Waals surface area contributed by atoms with E-state index in [1.807, 2.05) is 83.5 Å². The number of imidazole rings is 2. The smallest absolute Gasteiger partial charge is 0.191 e. The summed E-state index contributed by atoms with van der Waals surface area (Å²) in [5.41, 5.74) is 11.4. The van der Waals surface area contributed by atoms with Gasteiger partial charge in [-0.3, -0.25) is 9.98 Å². The first kappa shape index (κ1) is 54.0. The van der Waals surface area contributed by atoms with Crippen LogP contribution in [0.25, 0.3) is 45.5 Å². The summed E-state index contributed by atoms with van der Waals surface area (Å²) < 4.78 is 67.3. The van der Waals surface area contributed by atoms with Gasteiger partial charge in [0.2, 0.25) is 0 Å². The summed E-state index contributed by atoms with van der Waals surface area (Å²) in [5.74, 6) is 4.15. The highest BCUT2D eigenvalue weighted by Crippen LogP contribution is 2.51. The van der Waals surface area contributed by atoms with E-state index in [9.17, 15) is 17.2 Å². The van der Waals surface area contributed by atoms with E-state index in [2.05, 4.69) is 91.6 Å². The van der Waals surface area contributed by atoms with Crippen LogP contribution in [0.3, 0.4) is 0 Å². The molecule has 2 atom stereocenters. The van der Waals surface area contributed by atoms with E-state index in [4.69, 9.17) is 19.0 Å². The van der Waals surface area contributed by atoms with E-state index >= 15 is 0 Å². The molecule has 0 bridgehead atoms. The zero-order chi connectivity index (χ0) is 52.3. The fourth-order valence-electron chi connectivity index (χ4n) is 12.1. The first-order chi connectivity index (χ1) is 36.9.